The Morgan fingerprint density at radius 3 is 2.38 bits per heavy atom. The predicted molar refractivity (Wildman–Crippen MR) is 59.6 cm³/mol. The summed E-state index contributed by atoms with van der Waals surface area (Å²) in [5.41, 5.74) is 0.312. The largest absolute Gasteiger partial charge is 0.313 e. The van der Waals surface area contributed by atoms with Gasteiger partial charge in [0.15, 0.2) is 0 Å². The zero-order valence-electron chi connectivity index (χ0n) is 9.48. The zero-order chi connectivity index (χ0) is 10.3. The molecule has 1 atom stereocenters. The van der Waals surface area contributed by atoms with Crippen LogP contribution in [0.4, 0.5) is 0 Å². The van der Waals surface area contributed by atoms with Crippen LogP contribution in [0.5, 0.6) is 0 Å². The summed E-state index contributed by atoms with van der Waals surface area (Å²) < 4.78 is 0. The first-order valence-electron chi connectivity index (χ1n) is 5.19. The first-order valence-corrected chi connectivity index (χ1v) is 5.19. The fourth-order valence-corrected chi connectivity index (χ4v) is 1.39. The van der Waals surface area contributed by atoms with Crippen LogP contribution in [0, 0.1) is 17.8 Å². The number of nitrogens with one attached hydrogen (secondary N) is 1. The van der Waals surface area contributed by atoms with E-state index >= 15 is 0 Å². The maximum absolute atomic E-state index is 5.27. The Morgan fingerprint density at radius 1 is 1.38 bits per heavy atom. The Hall–Kier alpha value is -0.480. The van der Waals surface area contributed by atoms with Gasteiger partial charge in [-0.15, -0.1) is 12.3 Å². The van der Waals surface area contributed by atoms with Crippen LogP contribution in [0.2, 0.25) is 0 Å². The van der Waals surface area contributed by atoms with Crippen LogP contribution < -0.4 is 5.32 Å². The van der Waals surface area contributed by atoms with Gasteiger partial charge in [-0.25, -0.2) is 0 Å². The van der Waals surface area contributed by atoms with Crippen molar-refractivity contribution in [1.82, 2.24) is 5.32 Å². The topological polar surface area (TPSA) is 12.0 Å². The maximum Gasteiger partial charge on any atom is 0.0125 e. The lowest BCUT2D eigenvalue weighted by Crippen LogP contribution is -2.40. The summed E-state index contributed by atoms with van der Waals surface area (Å²) in [5, 5.41) is 3.55. The average Bonchev–Trinajstić information content (AvgIpc) is 2.02. The SMILES string of the molecule is C#CCCC(NCCC)C(C)(C)C. The molecule has 1 N–H and O–H groups in total. The van der Waals surface area contributed by atoms with Crippen molar-refractivity contribution in [3.05, 3.63) is 0 Å². The molecule has 0 aromatic heterocycles. The Morgan fingerprint density at radius 2 is 2.00 bits per heavy atom. The molecule has 0 fully saturated rings. The van der Waals surface area contributed by atoms with Crippen molar-refractivity contribution in [2.75, 3.05) is 6.54 Å². The number of hydrogen-bond acceptors (Lipinski definition) is 1. The van der Waals surface area contributed by atoms with E-state index in [1.807, 2.05) is 0 Å². The van der Waals surface area contributed by atoms with Gasteiger partial charge in [0.2, 0.25) is 0 Å². The van der Waals surface area contributed by atoms with Gasteiger partial charge >= 0.3 is 0 Å². The van der Waals surface area contributed by atoms with Crippen LogP contribution in [-0.4, -0.2) is 12.6 Å². The molecule has 0 heterocycles. The van der Waals surface area contributed by atoms with Crippen molar-refractivity contribution >= 4 is 0 Å². The van der Waals surface area contributed by atoms with Crippen LogP contribution >= 0.6 is 0 Å². The lowest BCUT2D eigenvalue weighted by Gasteiger charge is -2.31. The Labute approximate surface area is 83.3 Å². The molecule has 0 saturated heterocycles. The van der Waals surface area contributed by atoms with E-state index in [4.69, 9.17) is 6.42 Å². The van der Waals surface area contributed by atoms with Gasteiger partial charge in [0.1, 0.15) is 0 Å². The fourth-order valence-electron chi connectivity index (χ4n) is 1.39. The third-order valence-corrected chi connectivity index (χ3v) is 2.26. The molecule has 0 spiro atoms. The Balaban J connectivity index is 3.97. The molecule has 0 radical (unpaired) electrons. The van der Waals surface area contributed by atoms with Gasteiger partial charge in [-0.05, 0) is 24.8 Å². The molecule has 0 aliphatic heterocycles. The highest BCUT2D eigenvalue weighted by molar-refractivity contribution is 4.89. The number of hydrogen-bond donors (Lipinski definition) is 1. The molecule has 0 saturated carbocycles. The molecular weight excluding hydrogens is 158 g/mol. The molecule has 76 valence electrons. The molecular formula is C12H23N. The van der Waals surface area contributed by atoms with Gasteiger partial charge in [-0.3, -0.25) is 0 Å². The maximum atomic E-state index is 5.27. The summed E-state index contributed by atoms with van der Waals surface area (Å²) >= 11 is 0. The van der Waals surface area contributed by atoms with Gasteiger partial charge < -0.3 is 5.32 Å². The summed E-state index contributed by atoms with van der Waals surface area (Å²) in [6.07, 6.45) is 8.41. The number of rotatable bonds is 5. The van der Waals surface area contributed by atoms with Crippen LogP contribution in [-0.2, 0) is 0 Å². The third-order valence-electron chi connectivity index (χ3n) is 2.26. The molecule has 0 amide bonds. The minimum Gasteiger partial charge on any atom is -0.313 e. The minimum atomic E-state index is 0.312. The first kappa shape index (κ1) is 12.5. The molecule has 1 nitrogen and oxygen atoms in total. The van der Waals surface area contributed by atoms with Crippen LogP contribution in [0.15, 0.2) is 0 Å². The van der Waals surface area contributed by atoms with E-state index in [-0.39, 0.29) is 0 Å². The van der Waals surface area contributed by atoms with Crippen molar-refractivity contribution in [1.29, 1.82) is 0 Å². The molecule has 13 heavy (non-hydrogen) atoms. The van der Waals surface area contributed by atoms with Gasteiger partial charge in [-0.2, -0.15) is 0 Å². The summed E-state index contributed by atoms with van der Waals surface area (Å²) in [4.78, 5) is 0. The van der Waals surface area contributed by atoms with Crippen LogP contribution in [0.3, 0.4) is 0 Å². The molecule has 0 aromatic carbocycles. The predicted octanol–water partition coefficient (Wildman–Crippen LogP) is 2.81. The Kier molecular flexibility index (Phi) is 5.82. The van der Waals surface area contributed by atoms with Crippen molar-refractivity contribution in [3.63, 3.8) is 0 Å². The van der Waals surface area contributed by atoms with E-state index in [1.165, 1.54) is 6.42 Å². The number of terminal acetylenes is 1. The summed E-state index contributed by atoms with van der Waals surface area (Å²) in [5.74, 6) is 2.71. The van der Waals surface area contributed by atoms with Gasteiger partial charge in [0.25, 0.3) is 0 Å². The first-order chi connectivity index (χ1) is 6.02. The minimum absolute atomic E-state index is 0.312. The molecule has 0 rings (SSSR count). The van der Waals surface area contributed by atoms with Crippen LogP contribution in [0.25, 0.3) is 0 Å². The third kappa shape index (κ3) is 5.71. The highest BCUT2D eigenvalue weighted by Gasteiger charge is 2.22. The molecule has 1 heteroatoms. The molecule has 1 unspecified atom stereocenters. The second-order valence-electron chi connectivity index (χ2n) is 4.62. The van der Waals surface area contributed by atoms with Gasteiger partial charge in [0, 0.05) is 12.5 Å². The van der Waals surface area contributed by atoms with E-state index in [1.54, 1.807) is 0 Å². The monoisotopic (exact) mass is 181 g/mol. The molecule has 0 aliphatic carbocycles. The van der Waals surface area contributed by atoms with Crippen molar-refractivity contribution in [2.45, 2.75) is 53.0 Å². The Bertz CT molecular complexity index is 159. The lowest BCUT2D eigenvalue weighted by molar-refractivity contribution is 0.257. The van der Waals surface area contributed by atoms with E-state index in [0.717, 1.165) is 19.4 Å². The smallest absolute Gasteiger partial charge is 0.0125 e. The zero-order valence-corrected chi connectivity index (χ0v) is 9.48. The average molecular weight is 181 g/mol. The summed E-state index contributed by atoms with van der Waals surface area (Å²) in [6.45, 7) is 10.1. The second kappa shape index (κ2) is 6.05. The summed E-state index contributed by atoms with van der Waals surface area (Å²) in [6, 6.07) is 0.545. The van der Waals surface area contributed by atoms with Gasteiger partial charge in [-0.1, -0.05) is 27.7 Å². The van der Waals surface area contributed by atoms with Gasteiger partial charge in [0.05, 0.1) is 0 Å². The normalized spacial score (nSPS) is 13.8. The van der Waals surface area contributed by atoms with Crippen molar-refractivity contribution in [3.8, 4) is 12.3 Å². The molecule has 0 bridgehead atoms. The van der Waals surface area contributed by atoms with E-state index in [9.17, 15) is 0 Å². The van der Waals surface area contributed by atoms with Crippen molar-refractivity contribution in [2.24, 2.45) is 5.41 Å². The molecule has 0 aliphatic rings. The molecule has 0 aromatic rings. The standard InChI is InChI=1S/C12H23N/c1-6-8-9-11(12(3,4)5)13-10-7-2/h1,11,13H,7-10H2,2-5H3. The highest BCUT2D eigenvalue weighted by atomic mass is 14.9. The van der Waals surface area contributed by atoms with Crippen LogP contribution in [0.1, 0.15) is 47.0 Å². The highest BCUT2D eigenvalue weighted by Crippen LogP contribution is 2.22. The second-order valence-corrected chi connectivity index (χ2v) is 4.62. The van der Waals surface area contributed by atoms with E-state index in [0.29, 0.717) is 11.5 Å². The quantitative estimate of drug-likeness (QED) is 0.643. The fraction of sp³-hybridized carbons (Fsp3) is 0.833. The van der Waals surface area contributed by atoms with E-state index < -0.39 is 0 Å². The van der Waals surface area contributed by atoms with Crippen molar-refractivity contribution < 1.29 is 0 Å². The summed E-state index contributed by atoms with van der Waals surface area (Å²) in [7, 11) is 0. The lowest BCUT2D eigenvalue weighted by atomic mass is 9.84. The van der Waals surface area contributed by atoms with E-state index in [2.05, 4.69) is 38.9 Å².